The molecule has 0 unspecified atom stereocenters. The summed E-state index contributed by atoms with van der Waals surface area (Å²) in [6, 6.07) is 4.13. The molecule has 9 nitrogen and oxygen atoms in total. The highest BCUT2D eigenvalue weighted by atomic mass is 16.5. The molecule has 4 rings (SSSR count). The molecule has 3 aromatic rings. The molecule has 0 radical (unpaired) electrons. The van der Waals surface area contributed by atoms with Gasteiger partial charge in [-0.05, 0) is 66.2 Å². The highest BCUT2D eigenvalue weighted by Gasteiger charge is 2.29. The van der Waals surface area contributed by atoms with Crippen molar-refractivity contribution >= 4 is 34.6 Å². The lowest BCUT2D eigenvalue weighted by atomic mass is 10.1. The number of hydrogen-bond acceptors (Lipinski definition) is 9. The monoisotopic (exact) mass is 463 g/mol. The topological polar surface area (TPSA) is 112 Å². The van der Waals surface area contributed by atoms with Gasteiger partial charge in [-0.25, -0.2) is 15.0 Å². The van der Waals surface area contributed by atoms with Crippen molar-refractivity contribution in [3.05, 3.63) is 29.6 Å². The first-order valence-corrected chi connectivity index (χ1v) is 11.6. The van der Waals surface area contributed by atoms with E-state index < -0.39 is 11.2 Å². The Morgan fingerprint density at radius 3 is 2.35 bits per heavy atom. The predicted molar refractivity (Wildman–Crippen MR) is 135 cm³/mol. The van der Waals surface area contributed by atoms with E-state index >= 15 is 0 Å². The summed E-state index contributed by atoms with van der Waals surface area (Å²) in [6.07, 6.45) is 5.70. The summed E-state index contributed by atoms with van der Waals surface area (Å²) >= 11 is 0. The third-order valence-corrected chi connectivity index (χ3v) is 4.87. The van der Waals surface area contributed by atoms with Crippen LogP contribution in [0.2, 0.25) is 0 Å². The maximum absolute atomic E-state index is 6.30. The van der Waals surface area contributed by atoms with Crippen LogP contribution in [0.3, 0.4) is 0 Å². The van der Waals surface area contributed by atoms with Crippen molar-refractivity contribution in [1.82, 2.24) is 24.9 Å². The third-order valence-electron chi connectivity index (χ3n) is 4.87. The zero-order valence-electron chi connectivity index (χ0n) is 21.0. The quantitative estimate of drug-likeness (QED) is 0.566. The fraction of sp³-hybridized carbons (Fsp3) is 0.480. The van der Waals surface area contributed by atoms with Gasteiger partial charge < -0.3 is 20.1 Å². The van der Waals surface area contributed by atoms with Crippen LogP contribution in [0.1, 0.15) is 66.3 Å². The van der Waals surface area contributed by atoms with Gasteiger partial charge in [0.2, 0.25) is 11.8 Å². The number of fused-ring (bicyclic) bond motifs is 2. The van der Waals surface area contributed by atoms with Crippen molar-refractivity contribution in [2.24, 2.45) is 0 Å². The van der Waals surface area contributed by atoms with E-state index in [0.717, 1.165) is 41.1 Å². The smallest absolute Gasteiger partial charge is 0.320 e. The Bertz CT molecular complexity index is 1240. The molecule has 34 heavy (non-hydrogen) atoms. The lowest BCUT2D eigenvalue weighted by molar-refractivity contribution is 0.103. The molecule has 0 aromatic carbocycles. The van der Waals surface area contributed by atoms with E-state index in [0.29, 0.717) is 18.1 Å². The summed E-state index contributed by atoms with van der Waals surface area (Å²) in [6.45, 7) is 14.5. The highest BCUT2D eigenvalue weighted by molar-refractivity contribution is 5.83. The average molecular weight is 464 g/mol. The molecular formula is C25H33N7O2. The molecular weight excluding hydrogens is 430 g/mol. The summed E-state index contributed by atoms with van der Waals surface area (Å²) in [4.78, 5) is 25.1. The number of nitrogens with zero attached hydrogens (tertiary/aromatic N) is 6. The molecule has 0 aliphatic carbocycles. The van der Waals surface area contributed by atoms with Crippen LogP contribution in [0, 0.1) is 0 Å². The van der Waals surface area contributed by atoms with E-state index in [9.17, 15) is 0 Å². The third kappa shape index (κ3) is 5.18. The van der Waals surface area contributed by atoms with Crippen LogP contribution < -0.4 is 20.1 Å². The average Bonchev–Trinajstić information content (AvgIpc) is 2.71. The Morgan fingerprint density at radius 2 is 1.68 bits per heavy atom. The molecule has 1 aliphatic heterocycles. The molecule has 2 N–H and O–H groups in total. The molecule has 0 amide bonds. The molecule has 1 aliphatic rings. The van der Waals surface area contributed by atoms with Crippen molar-refractivity contribution in [3.63, 3.8) is 0 Å². The minimum Gasteiger partial charge on any atom is -0.470 e. The van der Waals surface area contributed by atoms with E-state index in [2.05, 4.69) is 26.9 Å². The molecule has 0 bridgehead atoms. The number of nitrogen functional groups attached to an aromatic ring is 1. The van der Waals surface area contributed by atoms with E-state index in [1.165, 1.54) is 0 Å². The van der Waals surface area contributed by atoms with Crippen molar-refractivity contribution in [2.45, 2.75) is 72.5 Å². The van der Waals surface area contributed by atoms with Crippen molar-refractivity contribution in [2.75, 3.05) is 17.2 Å². The zero-order valence-corrected chi connectivity index (χ0v) is 21.0. The lowest BCUT2D eigenvalue weighted by Crippen LogP contribution is -2.30. The standard InChI is InChI=1S/C25H33N7O2/c1-8-10-15-19-16(28-22(26)27-15)12-13-18(30-19)32-14-9-11-17-20(32)21(33-24(2,3)4)31-23(29-17)34-25(5,6)7/h9,11-13H,8,10,14H2,1-7H3,(H2,26,27,28). The number of aryl methyl sites for hydroxylation is 1. The largest absolute Gasteiger partial charge is 0.470 e. The molecule has 0 spiro atoms. The van der Waals surface area contributed by atoms with Gasteiger partial charge in [0.1, 0.15) is 28.2 Å². The molecule has 9 heteroatoms. The lowest BCUT2D eigenvalue weighted by Gasteiger charge is -2.31. The minimum absolute atomic E-state index is 0.261. The van der Waals surface area contributed by atoms with Gasteiger partial charge in [-0.3, -0.25) is 0 Å². The summed E-state index contributed by atoms with van der Waals surface area (Å²) in [5, 5.41) is 0. The second-order valence-corrected chi connectivity index (χ2v) is 10.3. The highest BCUT2D eigenvalue weighted by Crippen LogP contribution is 2.40. The van der Waals surface area contributed by atoms with Crippen LogP contribution >= 0.6 is 0 Å². The maximum atomic E-state index is 6.30. The van der Waals surface area contributed by atoms with Gasteiger partial charge in [0.05, 0.1) is 16.9 Å². The number of rotatable bonds is 5. The van der Waals surface area contributed by atoms with E-state index in [-0.39, 0.29) is 12.0 Å². The molecule has 3 aromatic heterocycles. The summed E-state index contributed by atoms with van der Waals surface area (Å²) in [5.41, 5.74) is 8.79. The Labute approximate surface area is 200 Å². The second-order valence-electron chi connectivity index (χ2n) is 10.3. The summed E-state index contributed by atoms with van der Waals surface area (Å²) < 4.78 is 12.3. The van der Waals surface area contributed by atoms with Crippen LogP contribution in [-0.2, 0) is 6.42 Å². The van der Waals surface area contributed by atoms with E-state index in [4.69, 9.17) is 20.2 Å². The fourth-order valence-corrected chi connectivity index (χ4v) is 3.70. The summed E-state index contributed by atoms with van der Waals surface area (Å²) in [5.74, 6) is 1.44. The van der Waals surface area contributed by atoms with Gasteiger partial charge in [0, 0.05) is 6.54 Å². The Hall–Kier alpha value is -3.49. The number of ether oxygens (including phenoxy) is 2. The SMILES string of the molecule is CCCc1nc(N)nc2ccc(N3CC=Cc4nc(OC(C)(C)C)nc(OC(C)(C)C)c43)nc12. The van der Waals surface area contributed by atoms with Gasteiger partial charge in [-0.2, -0.15) is 9.97 Å². The normalized spacial score (nSPS) is 13.8. The molecule has 180 valence electrons. The predicted octanol–water partition coefficient (Wildman–Crippen LogP) is 4.87. The van der Waals surface area contributed by atoms with E-state index in [1.807, 2.05) is 70.7 Å². The molecule has 0 atom stereocenters. The molecule has 4 heterocycles. The Morgan fingerprint density at radius 1 is 0.941 bits per heavy atom. The first-order chi connectivity index (χ1) is 15.9. The zero-order chi connectivity index (χ0) is 24.7. The van der Waals surface area contributed by atoms with Crippen molar-refractivity contribution in [1.29, 1.82) is 0 Å². The van der Waals surface area contributed by atoms with Crippen LogP contribution in [-0.4, -0.2) is 42.7 Å². The second kappa shape index (κ2) is 8.70. The summed E-state index contributed by atoms with van der Waals surface area (Å²) in [7, 11) is 0. The number of pyridine rings is 1. The fourth-order valence-electron chi connectivity index (χ4n) is 3.70. The van der Waals surface area contributed by atoms with Gasteiger partial charge in [-0.1, -0.05) is 19.4 Å². The van der Waals surface area contributed by atoms with Gasteiger partial charge in [0.15, 0.2) is 0 Å². The van der Waals surface area contributed by atoms with Crippen molar-refractivity contribution in [3.8, 4) is 11.9 Å². The molecule has 0 fully saturated rings. The number of hydrogen-bond donors (Lipinski definition) is 1. The first-order valence-electron chi connectivity index (χ1n) is 11.6. The van der Waals surface area contributed by atoms with E-state index in [1.54, 1.807) is 0 Å². The van der Waals surface area contributed by atoms with Crippen LogP contribution in [0.5, 0.6) is 11.9 Å². The Kier molecular flexibility index (Phi) is 6.05. The van der Waals surface area contributed by atoms with Gasteiger partial charge >= 0.3 is 6.01 Å². The first kappa shape index (κ1) is 23.7. The van der Waals surface area contributed by atoms with Crippen LogP contribution in [0.25, 0.3) is 17.1 Å². The van der Waals surface area contributed by atoms with Gasteiger partial charge in [-0.15, -0.1) is 0 Å². The van der Waals surface area contributed by atoms with Crippen LogP contribution in [0.4, 0.5) is 17.5 Å². The molecule has 0 saturated carbocycles. The number of nitrogens with two attached hydrogens (primary N) is 1. The van der Waals surface area contributed by atoms with Gasteiger partial charge in [0.25, 0.3) is 0 Å². The molecule has 0 saturated heterocycles. The van der Waals surface area contributed by atoms with Crippen LogP contribution in [0.15, 0.2) is 18.2 Å². The number of anilines is 3. The minimum atomic E-state index is -0.468. The Balaban J connectivity index is 1.86. The van der Waals surface area contributed by atoms with Crippen molar-refractivity contribution < 1.29 is 9.47 Å². The number of aromatic nitrogens is 5. The maximum Gasteiger partial charge on any atom is 0.320 e.